The maximum absolute atomic E-state index is 13.0. The minimum atomic E-state index is -0.463. The van der Waals surface area contributed by atoms with Crippen molar-refractivity contribution in [1.29, 1.82) is 0 Å². The molecule has 2 rings (SSSR count). The Balaban J connectivity index is 2.62. The Morgan fingerprint density at radius 2 is 1.56 bits per heavy atom. The van der Waals surface area contributed by atoms with Gasteiger partial charge >= 0.3 is 0 Å². The fraction of sp³-hybridized carbons (Fsp3) is 0. The van der Waals surface area contributed by atoms with Crippen molar-refractivity contribution in [2.45, 2.75) is 0 Å². The van der Waals surface area contributed by atoms with E-state index in [2.05, 4.69) is 4.98 Å². The zero-order chi connectivity index (χ0) is 11.7. The zero-order valence-electron chi connectivity index (χ0n) is 7.85. The molecule has 1 aromatic carbocycles. The van der Waals surface area contributed by atoms with Crippen LogP contribution in [0.4, 0.5) is 4.39 Å². The summed E-state index contributed by atoms with van der Waals surface area (Å²) in [6, 6.07) is 6.18. The normalized spacial score (nSPS) is 10.5. The van der Waals surface area contributed by atoms with Gasteiger partial charge in [0.1, 0.15) is 11.0 Å². The second-order valence-electron chi connectivity index (χ2n) is 3.15. The van der Waals surface area contributed by atoms with Gasteiger partial charge in [0.15, 0.2) is 0 Å². The van der Waals surface area contributed by atoms with Crippen molar-refractivity contribution >= 4 is 34.8 Å². The number of hydrogen-bond acceptors (Lipinski definition) is 1. The Kier molecular flexibility index (Phi) is 3.33. The van der Waals surface area contributed by atoms with Crippen LogP contribution in [0.2, 0.25) is 15.2 Å². The summed E-state index contributed by atoms with van der Waals surface area (Å²) in [5.74, 6) is -0.463. The quantitative estimate of drug-likeness (QED) is 0.679. The molecule has 1 heterocycles. The summed E-state index contributed by atoms with van der Waals surface area (Å²) in [4.78, 5) is 3.72. The van der Waals surface area contributed by atoms with E-state index >= 15 is 0 Å². The molecular weight excluding hydrogens is 271 g/mol. The first-order valence-corrected chi connectivity index (χ1v) is 5.47. The van der Waals surface area contributed by atoms with Crippen LogP contribution in [-0.4, -0.2) is 4.98 Å². The van der Waals surface area contributed by atoms with E-state index in [1.54, 1.807) is 18.2 Å². The largest absolute Gasteiger partial charge is 0.241 e. The standard InChI is InChI=1S/C11H5Cl3FN/c12-7-1-6(2-8(13)3-7)10-4-9(15)5-16-11(10)14/h1-5H. The number of benzene rings is 1. The molecule has 0 aliphatic heterocycles. The van der Waals surface area contributed by atoms with Crippen LogP contribution in [0.25, 0.3) is 11.1 Å². The summed E-state index contributed by atoms with van der Waals surface area (Å²) in [6.45, 7) is 0. The second-order valence-corrected chi connectivity index (χ2v) is 4.38. The number of aromatic nitrogens is 1. The molecule has 0 fully saturated rings. The maximum atomic E-state index is 13.0. The van der Waals surface area contributed by atoms with Gasteiger partial charge in [-0.15, -0.1) is 0 Å². The summed E-state index contributed by atoms with van der Waals surface area (Å²) in [5.41, 5.74) is 1.10. The lowest BCUT2D eigenvalue weighted by atomic mass is 10.1. The van der Waals surface area contributed by atoms with E-state index in [1.165, 1.54) is 6.07 Å². The van der Waals surface area contributed by atoms with Gasteiger partial charge in [-0.2, -0.15) is 0 Å². The molecule has 16 heavy (non-hydrogen) atoms. The molecule has 1 aromatic heterocycles. The van der Waals surface area contributed by atoms with Gasteiger partial charge in [-0.1, -0.05) is 34.8 Å². The zero-order valence-corrected chi connectivity index (χ0v) is 10.1. The van der Waals surface area contributed by atoms with Crippen LogP contribution in [0.15, 0.2) is 30.5 Å². The first-order chi connectivity index (χ1) is 7.56. The van der Waals surface area contributed by atoms with Gasteiger partial charge < -0.3 is 0 Å². The van der Waals surface area contributed by atoms with E-state index in [4.69, 9.17) is 34.8 Å². The Labute approximate surface area is 107 Å². The summed E-state index contributed by atoms with van der Waals surface area (Å²) in [7, 11) is 0. The van der Waals surface area contributed by atoms with Crippen LogP contribution in [0, 0.1) is 5.82 Å². The van der Waals surface area contributed by atoms with Gasteiger partial charge in [-0.3, -0.25) is 0 Å². The minimum absolute atomic E-state index is 0.208. The van der Waals surface area contributed by atoms with Crippen molar-refractivity contribution in [3.8, 4) is 11.1 Å². The highest BCUT2D eigenvalue weighted by Crippen LogP contribution is 2.31. The van der Waals surface area contributed by atoms with Gasteiger partial charge in [-0.05, 0) is 29.8 Å². The average molecular weight is 277 g/mol. The third-order valence-electron chi connectivity index (χ3n) is 1.98. The van der Waals surface area contributed by atoms with Gasteiger partial charge in [0.25, 0.3) is 0 Å². The number of pyridine rings is 1. The Bertz CT molecular complexity index is 522. The Hall–Kier alpha value is -0.830. The molecule has 0 saturated carbocycles. The van der Waals surface area contributed by atoms with Crippen molar-refractivity contribution in [3.05, 3.63) is 51.5 Å². The van der Waals surface area contributed by atoms with Crippen LogP contribution < -0.4 is 0 Å². The number of nitrogens with zero attached hydrogens (tertiary/aromatic N) is 1. The molecule has 82 valence electrons. The van der Waals surface area contributed by atoms with E-state index < -0.39 is 5.82 Å². The molecule has 0 bridgehead atoms. The lowest BCUT2D eigenvalue weighted by molar-refractivity contribution is 0.622. The average Bonchev–Trinajstić information content (AvgIpc) is 2.20. The minimum Gasteiger partial charge on any atom is -0.241 e. The van der Waals surface area contributed by atoms with Crippen molar-refractivity contribution in [1.82, 2.24) is 4.98 Å². The van der Waals surface area contributed by atoms with Crippen LogP contribution in [-0.2, 0) is 0 Å². The lowest BCUT2D eigenvalue weighted by Crippen LogP contribution is -1.86. The molecule has 0 aliphatic carbocycles. The SMILES string of the molecule is Fc1cnc(Cl)c(-c2cc(Cl)cc(Cl)c2)c1. The molecule has 0 unspecified atom stereocenters. The predicted molar refractivity (Wildman–Crippen MR) is 64.7 cm³/mol. The topological polar surface area (TPSA) is 12.9 Å². The molecule has 0 radical (unpaired) electrons. The number of rotatable bonds is 1. The molecular formula is C11H5Cl3FN. The molecule has 0 N–H and O–H groups in total. The van der Waals surface area contributed by atoms with Gasteiger partial charge in [0.05, 0.1) is 6.20 Å². The van der Waals surface area contributed by atoms with Crippen LogP contribution >= 0.6 is 34.8 Å². The lowest BCUT2D eigenvalue weighted by Gasteiger charge is -2.05. The molecule has 2 aromatic rings. The molecule has 0 atom stereocenters. The van der Waals surface area contributed by atoms with E-state index in [0.717, 1.165) is 6.20 Å². The van der Waals surface area contributed by atoms with E-state index in [1.807, 2.05) is 0 Å². The summed E-state index contributed by atoms with van der Waals surface area (Å²) in [5, 5.41) is 1.13. The Morgan fingerprint density at radius 3 is 2.19 bits per heavy atom. The number of hydrogen-bond donors (Lipinski definition) is 0. The third kappa shape index (κ3) is 2.46. The first-order valence-electron chi connectivity index (χ1n) is 4.34. The molecule has 1 nitrogen and oxygen atoms in total. The molecule has 0 amide bonds. The van der Waals surface area contributed by atoms with Crippen LogP contribution in [0.1, 0.15) is 0 Å². The summed E-state index contributed by atoms with van der Waals surface area (Å²) >= 11 is 17.6. The Morgan fingerprint density at radius 1 is 0.938 bits per heavy atom. The van der Waals surface area contributed by atoms with Crippen molar-refractivity contribution < 1.29 is 4.39 Å². The summed E-state index contributed by atoms with van der Waals surface area (Å²) < 4.78 is 13.0. The fourth-order valence-electron chi connectivity index (χ4n) is 1.33. The van der Waals surface area contributed by atoms with Crippen molar-refractivity contribution in [2.24, 2.45) is 0 Å². The molecule has 0 spiro atoms. The highest BCUT2D eigenvalue weighted by Gasteiger charge is 2.08. The van der Waals surface area contributed by atoms with E-state index in [-0.39, 0.29) is 5.15 Å². The first kappa shape index (κ1) is 11.6. The van der Waals surface area contributed by atoms with Crippen LogP contribution in [0.5, 0.6) is 0 Å². The maximum Gasteiger partial charge on any atom is 0.142 e. The van der Waals surface area contributed by atoms with Gasteiger partial charge in [-0.25, -0.2) is 9.37 Å². The fourth-order valence-corrected chi connectivity index (χ4v) is 2.07. The van der Waals surface area contributed by atoms with Gasteiger partial charge in [0, 0.05) is 15.6 Å². The third-order valence-corrected chi connectivity index (χ3v) is 2.72. The van der Waals surface area contributed by atoms with Gasteiger partial charge in [0.2, 0.25) is 0 Å². The van der Waals surface area contributed by atoms with Crippen LogP contribution in [0.3, 0.4) is 0 Å². The van der Waals surface area contributed by atoms with Crippen molar-refractivity contribution in [3.63, 3.8) is 0 Å². The predicted octanol–water partition coefficient (Wildman–Crippen LogP) is 4.85. The summed E-state index contributed by atoms with van der Waals surface area (Å²) in [6.07, 6.45) is 1.05. The monoisotopic (exact) mass is 275 g/mol. The van der Waals surface area contributed by atoms with E-state index in [0.29, 0.717) is 21.2 Å². The van der Waals surface area contributed by atoms with Crippen molar-refractivity contribution in [2.75, 3.05) is 0 Å². The number of halogens is 4. The molecule has 0 saturated heterocycles. The molecule has 5 heteroatoms. The van der Waals surface area contributed by atoms with E-state index in [9.17, 15) is 4.39 Å². The highest BCUT2D eigenvalue weighted by atomic mass is 35.5. The smallest absolute Gasteiger partial charge is 0.142 e. The second kappa shape index (κ2) is 4.58. The highest BCUT2D eigenvalue weighted by molar-refractivity contribution is 6.35. The molecule has 0 aliphatic rings.